The van der Waals surface area contributed by atoms with Gasteiger partial charge in [-0.05, 0) is 67.1 Å². The summed E-state index contributed by atoms with van der Waals surface area (Å²) in [5, 5.41) is 0. The lowest BCUT2D eigenvalue weighted by atomic mass is 10.0. The summed E-state index contributed by atoms with van der Waals surface area (Å²) in [7, 11) is 0. The van der Waals surface area contributed by atoms with Crippen LogP contribution in [0, 0.1) is 5.92 Å². The minimum Gasteiger partial charge on any atom is -0.494 e. The zero-order chi connectivity index (χ0) is 23.7. The van der Waals surface area contributed by atoms with Gasteiger partial charge in [0, 0.05) is 0 Å². The molecule has 1 unspecified atom stereocenters. The number of esters is 1. The molecule has 0 aliphatic carbocycles. The van der Waals surface area contributed by atoms with Crippen LogP contribution in [0.15, 0.2) is 48.5 Å². The molecule has 0 aliphatic heterocycles. The fourth-order valence-electron chi connectivity index (χ4n) is 3.85. The SMILES string of the molecule is CCCCCCCCc1ccc(C(=O)Oc2ccc(OCCCCCC(C)CC)cc2)cc1. The quantitative estimate of drug-likeness (QED) is 0.137. The molecule has 3 heteroatoms. The van der Waals surface area contributed by atoms with Gasteiger partial charge in [0.1, 0.15) is 11.5 Å². The fourth-order valence-corrected chi connectivity index (χ4v) is 3.85. The molecule has 0 N–H and O–H groups in total. The smallest absolute Gasteiger partial charge is 0.343 e. The third kappa shape index (κ3) is 11.4. The lowest BCUT2D eigenvalue weighted by Gasteiger charge is -2.09. The fraction of sp³-hybridized carbons (Fsp3) is 0.567. The summed E-state index contributed by atoms with van der Waals surface area (Å²) in [6.07, 6.45) is 15.0. The van der Waals surface area contributed by atoms with E-state index >= 15 is 0 Å². The normalized spacial score (nSPS) is 11.8. The maximum atomic E-state index is 12.5. The first-order valence-electron chi connectivity index (χ1n) is 13.2. The molecule has 182 valence electrons. The predicted octanol–water partition coefficient (Wildman–Crippen LogP) is 8.79. The Labute approximate surface area is 201 Å². The third-order valence-electron chi connectivity index (χ3n) is 6.35. The summed E-state index contributed by atoms with van der Waals surface area (Å²) in [6.45, 7) is 7.54. The number of aryl methyl sites for hydroxylation is 1. The van der Waals surface area contributed by atoms with Gasteiger partial charge in [-0.15, -0.1) is 0 Å². The Morgan fingerprint density at radius 3 is 2.09 bits per heavy atom. The topological polar surface area (TPSA) is 35.5 Å². The largest absolute Gasteiger partial charge is 0.494 e. The van der Waals surface area contributed by atoms with Gasteiger partial charge in [0.05, 0.1) is 12.2 Å². The molecular formula is C30H44O3. The van der Waals surface area contributed by atoms with E-state index < -0.39 is 0 Å². The van der Waals surface area contributed by atoms with E-state index in [4.69, 9.17) is 9.47 Å². The van der Waals surface area contributed by atoms with Crippen LogP contribution in [0.3, 0.4) is 0 Å². The summed E-state index contributed by atoms with van der Waals surface area (Å²) < 4.78 is 11.3. The van der Waals surface area contributed by atoms with E-state index in [1.807, 2.05) is 36.4 Å². The molecule has 0 fully saturated rings. The summed E-state index contributed by atoms with van der Waals surface area (Å²) in [5.74, 6) is 1.85. The minimum atomic E-state index is -0.323. The lowest BCUT2D eigenvalue weighted by Crippen LogP contribution is -2.08. The van der Waals surface area contributed by atoms with Crippen molar-refractivity contribution < 1.29 is 14.3 Å². The monoisotopic (exact) mass is 452 g/mol. The molecule has 33 heavy (non-hydrogen) atoms. The van der Waals surface area contributed by atoms with E-state index in [1.54, 1.807) is 12.1 Å². The molecule has 2 aromatic rings. The van der Waals surface area contributed by atoms with Crippen LogP contribution in [0.2, 0.25) is 0 Å². The number of hydrogen-bond donors (Lipinski definition) is 0. The van der Waals surface area contributed by atoms with E-state index in [-0.39, 0.29) is 5.97 Å². The predicted molar refractivity (Wildman–Crippen MR) is 138 cm³/mol. The number of benzene rings is 2. The van der Waals surface area contributed by atoms with Crippen molar-refractivity contribution in [2.45, 2.75) is 97.8 Å². The lowest BCUT2D eigenvalue weighted by molar-refractivity contribution is 0.0734. The summed E-state index contributed by atoms with van der Waals surface area (Å²) in [6, 6.07) is 15.1. The van der Waals surface area contributed by atoms with E-state index in [2.05, 4.69) is 20.8 Å². The zero-order valence-corrected chi connectivity index (χ0v) is 21.1. The molecular weight excluding hydrogens is 408 g/mol. The zero-order valence-electron chi connectivity index (χ0n) is 21.1. The summed E-state index contributed by atoms with van der Waals surface area (Å²) in [5.41, 5.74) is 1.86. The second-order valence-corrected chi connectivity index (χ2v) is 9.29. The van der Waals surface area contributed by atoms with Crippen molar-refractivity contribution in [3.63, 3.8) is 0 Å². The van der Waals surface area contributed by atoms with Crippen LogP contribution in [0.4, 0.5) is 0 Å². The van der Waals surface area contributed by atoms with Gasteiger partial charge < -0.3 is 9.47 Å². The molecule has 0 saturated heterocycles. The Kier molecular flexibility index (Phi) is 13.4. The molecule has 0 spiro atoms. The maximum Gasteiger partial charge on any atom is 0.343 e. The number of unbranched alkanes of at least 4 members (excludes halogenated alkanes) is 7. The Morgan fingerprint density at radius 1 is 0.758 bits per heavy atom. The molecule has 0 bridgehead atoms. The van der Waals surface area contributed by atoms with Gasteiger partial charge in [-0.2, -0.15) is 0 Å². The van der Waals surface area contributed by atoms with Crippen LogP contribution < -0.4 is 9.47 Å². The van der Waals surface area contributed by atoms with Crippen LogP contribution in [0.5, 0.6) is 11.5 Å². The Balaban J connectivity index is 1.67. The highest BCUT2D eigenvalue weighted by Crippen LogP contribution is 2.20. The first-order chi connectivity index (χ1) is 16.1. The summed E-state index contributed by atoms with van der Waals surface area (Å²) in [4.78, 5) is 12.5. The highest BCUT2D eigenvalue weighted by molar-refractivity contribution is 5.91. The van der Waals surface area contributed by atoms with Crippen LogP contribution in [-0.2, 0) is 6.42 Å². The van der Waals surface area contributed by atoms with E-state index in [0.29, 0.717) is 11.3 Å². The van der Waals surface area contributed by atoms with Crippen molar-refractivity contribution in [3.05, 3.63) is 59.7 Å². The minimum absolute atomic E-state index is 0.323. The van der Waals surface area contributed by atoms with E-state index in [0.717, 1.165) is 31.1 Å². The molecule has 0 heterocycles. The van der Waals surface area contributed by atoms with Crippen molar-refractivity contribution >= 4 is 5.97 Å². The van der Waals surface area contributed by atoms with Gasteiger partial charge in [-0.1, -0.05) is 90.7 Å². The molecule has 0 aliphatic rings. The van der Waals surface area contributed by atoms with Gasteiger partial charge in [0.25, 0.3) is 0 Å². The van der Waals surface area contributed by atoms with Gasteiger partial charge in [-0.25, -0.2) is 4.79 Å². The molecule has 2 rings (SSSR count). The highest BCUT2D eigenvalue weighted by Gasteiger charge is 2.09. The molecule has 2 aromatic carbocycles. The Bertz CT molecular complexity index is 764. The van der Waals surface area contributed by atoms with Gasteiger partial charge in [0.15, 0.2) is 0 Å². The Hall–Kier alpha value is -2.29. The number of rotatable bonds is 17. The number of ether oxygens (including phenoxy) is 2. The second-order valence-electron chi connectivity index (χ2n) is 9.29. The third-order valence-corrected chi connectivity index (χ3v) is 6.35. The number of carbonyl (C=O) groups excluding carboxylic acids is 1. The van der Waals surface area contributed by atoms with Crippen molar-refractivity contribution in [2.24, 2.45) is 5.92 Å². The molecule has 0 amide bonds. The molecule has 1 atom stereocenters. The van der Waals surface area contributed by atoms with Gasteiger partial charge in [-0.3, -0.25) is 0 Å². The standard InChI is InChI=1S/C30H44O3/c1-4-6-7-8-9-12-15-26-16-18-27(19-17-26)30(31)33-29-22-20-28(21-23-29)32-24-13-10-11-14-25(3)5-2/h16-23,25H,4-15,24H2,1-3H3. The number of carbonyl (C=O) groups is 1. The van der Waals surface area contributed by atoms with Crippen LogP contribution in [0.25, 0.3) is 0 Å². The van der Waals surface area contributed by atoms with E-state index in [9.17, 15) is 4.79 Å². The van der Waals surface area contributed by atoms with Crippen molar-refractivity contribution in [3.8, 4) is 11.5 Å². The molecule has 0 aromatic heterocycles. The van der Waals surface area contributed by atoms with Crippen molar-refractivity contribution in [1.82, 2.24) is 0 Å². The maximum absolute atomic E-state index is 12.5. The van der Waals surface area contributed by atoms with Crippen molar-refractivity contribution in [1.29, 1.82) is 0 Å². The van der Waals surface area contributed by atoms with Crippen LogP contribution in [0.1, 0.15) is 107 Å². The first-order valence-corrected chi connectivity index (χ1v) is 13.2. The van der Waals surface area contributed by atoms with Crippen LogP contribution >= 0.6 is 0 Å². The van der Waals surface area contributed by atoms with Crippen LogP contribution in [-0.4, -0.2) is 12.6 Å². The molecule has 0 saturated carbocycles. The average molecular weight is 453 g/mol. The van der Waals surface area contributed by atoms with Gasteiger partial charge in [0.2, 0.25) is 0 Å². The summed E-state index contributed by atoms with van der Waals surface area (Å²) >= 11 is 0. The van der Waals surface area contributed by atoms with Gasteiger partial charge >= 0.3 is 5.97 Å². The molecule has 3 nitrogen and oxygen atoms in total. The Morgan fingerprint density at radius 2 is 1.39 bits per heavy atom. The number of hydrogen-bond acceptors (Lipinski definition) is 3. The van der Waals surface area contributed by atoms with Crippen molar-refractivity contribution in [2.75, 3.05) is 6.61 Å². The second kappa shape index (κ2) is 16.3. The average Bonchev–Trinajstić information content (AvgIpc) is 2.84. The molecule has 0 radical (unpaired) electrons. The highest BCUT2D eigenvalue weighted by atomic mass is 16.5. The van der Waals surface area contributed by atoms with E-state index in [1.165, 1.54) is 69.8 Å². The first kappa shape index (κ1) is 27.0.